The van der Waals surface area contributed by atoms with Gasteiger partial charge in [0.25, 0.3) is 0 Å². The first-order valence-corrected chi connectivity index (χ1v) is 6.89. The lowest BCUT2D eigenvalue weighted by molar-refractivity contribution is -0.139. The Morgan fingerprint density at radius 3 is 3.05 bits per heavy atom. The van der Waals surface area contributed by atoms with E-state index in [4.69, 9.17) is 0 Å². The molecular formula is C14H15BrN2O2. The van der Waals surface area contributed by atoms with Gasteiger partial charge in [0.2, 0.25) is 11.8 Å². The number of amides is 2. The van der Waals surface area contributed by atoms with Crippen molar-refractivity contribution in [2.24, 2.45) is 0 Å². The molecule has 1 aromatic carbocycles. The third kappa shape index (κ3) is 3.44. The summed E-state index contributed by atoms with van der Waals surface area (Å²) in [7, 11) is 0. The molecule has 0 spiro atoms. The van der Waals surface area contributed by atoms with E-state index in [-0.39, 0.29) is 11.8 Å². The molecule has 1 unspecified atom stereocenters. The molecule has 1 fully saturated rings. The molecule has 1 saturated heterocycles. The number of hydrogen-bond acceptors (Lipinski definition) is 2. The van der Waals surface area contributed by atoms with Crippen molar-refractivity contribution in [1.29, 1.82) is 0 Å². The van der Waals surface area contributed by atoms with Crippen LogP contribution in [0.2, 0.25) is 0 Å². The summed E-state index contributed by atoms with van der Waals surface area (Å²) in [4.78, 5) is 25.1. The number of benzene rings is 1. The van der Waals surface area contributed by atoms with Gasteiger partial charge >= 0.3 is 0 Å². The van der Waals surface area contributed by atoms with Gasteiger partial charge in [0, 0.05) is 23.6 Å². The first kappa shape index (κ1) is 13.8. The molecule has 0 bridgehead atoms. The zero-order valence-corrected chi connectivity index (χ0v) is 12.2. The average molecular weight is 323 g/mol. The van der Waals surface area contributed by atoms with Crippen LogP contribution in [0, 0.1) is 0 Å². The highest BCUT2D eigenvalue weighted by molar-refractivity contribution is 9.10. The Kier molecular flexibility index (Phi) is 4.37. The smallest absolute Gasteiger partial charge is 0.247 e. The van der Waals surface area contributed by atoms with E-state index >= 15 is 0 Å². The second-order valence-electron chi connectivity index (χ2n) is 4.39. The molecule has 4 nitrogen and oxygen atoms in total. The van der Waals surface area contributed by atoms with Crippen LogP contribution >= 0.6 is 15.9 Å². The van der Waals surface area contributed by atoms with Crippen LogP contribution < -0.4 is 5.32 Å². The van der Waals surface area contributed by atoms with E-state index in [0.29, 0.717) is 13.1 Å². The summed E-state index contributed by atoms with van der Waals surface area (Å²) >= 11 is 3.38. The SMILES string of the molecule is CC1C(=O)NCCN1C(=O)C=Cc1cccc(Br)c1. The van der Waals surface area contributed by atoms with E-state index in [9.17, 15) is 9.59 Å². The Bertz CT molecular complexity index is 528. The van der Waals surface area contributed by atoms with Gasteiger partial charge in [-0.3, -0.25) is 9.59 Å². The van der Waals surface area contributed by atoms with Gasteiger partial charge in [0.05, 0.1) is 0 Å². The second-order valence-corrected chi connectivity index (χ2v) is 5.30. The Hall–Kier alpha value is -1.62. The van der Waals surface area contributed by atoms with Gasteiger partial charge in [-0.25, -0.2) is 0 Å². The molecule has 1 aromatic rings. The van der Waals surface area contributed by atoms with Crippen LogP contribution in [0.3, 0.4) is 0 Å². The molecule has 1 N–H and O–H groups in total. The lowest BCUT2D eigenvalue weighted by Crippen LogP contribution is -2.55. The summed E-state index contributed by atoms with van der Waals surface area (Å²) in [6.07, 6.45) is 3.27. The lowest BCUT2D eigenvalue weighted by Gasteiger charge is -2.31. The molecule has 1 atom stereocenters. The van der Waals surface area contributed by atoms with Crippen molar-refractivity contribution < 1.29 is 9.59 Å². The summed E-state index contributed by atoms with van der Waals surface area (Å²) in [6.45, 7) is 2.80. The molecular weight excluding hydrogens is 308 g/mol. The molecule has 5 heteroatoms. The summed E-state index contributed by atoms with van der Waals surface area (Å²) in [5, 5.41) is 2.73. The molecule has 1 heterocycles. The van der Waals surface area contributed by atoms with E-state index in [1.165, 1.54) is 6.08 Å². The van der Waals surface area contributed by atoms with Crippen molar-refractivity contribution in [3.63, 3.8) is 0 Å². The van der Waals surface area contributed by atoms with Crippen molar-refractivity contribution >= 4 is 33.8 Å². The fourth-order valence-corrected chi connectivity index (χ4v) is 2.37. The third-order valence-electron chi connectivity index (χ3n) is 3.05. The van der Waals surface area contributed by atoms with Gasteiger partial charge in [0.15, 0.2) is 0 Å². The molecule has 1 aliphatic heterocycles. The van der Waals surface area contributed by atoms with E-state index in [1.807, 2.05) is 24.3 Å². The largest absolute Gasteiger partial charge is 0.353 e. The standard InChI is InChI=1S/C14H15BrN2O2/c1-10-14(19)16-7-8-17(10)13(18)6-5-11-3-2-4-12(15)9-11/h2-6,9-10H,7-8H2,1H3,(H,16,19). The van der Waals surface area contributed by atoms with Gasteiger partial charge in [-0.15, -0.1) is 0 Å². The van der Waals surface area contributed by atoms with Crippen LogP contribution in [0.5, 0.6) is 0 Å². The predicted octanol–water partition coefficient (Wildman–Crippen LogP) is 1.81. The summed E-state index contributed by atoms with van der Waals surface area (Å²) < 4.78 is 0.966. The van der Waals surface area contributed by atoms with Gasteiger partial charge in [-0.2, -0.15) is 0 Å². The van der Waals surface area contributed by atoms with Gasteiger partial charge < -0.3 is 10.2 Å². The van der Waals surface area contributed by atoms with Crippen LogP contribution in [-0.2, 0) is 9.59 Å². The van der Waals surface area contributed by atoms with Crippen LogP contribution in [0.15, 0.2) is 34.8 Å². The summed E-state index contributed by atoms with van der Waals surface area (Å²) in [5.41, 5.74) is 0.942. The maximum atomic E-state index is 12.1. The first-order chi connectivity index (χ1) is 9.08. The number of rotatable bonds is 2. The second kappa shape index (κ2) is 6.02. The maximum Gasteiger partial charge on any atom is 0.247 e. The molecule has 0 aliphatic carbocycles. The molecule has 0 radical (unpaired) electrons. The fraction of sp³-hybridized carbons (Fsp3) is 0.286. The third-order valence-corrected chi connectivity index (χ3v) is 3.54. The van der Waals surface area contributed by atoms with Crippen molar-refractivity contribution in [3.05, 3.63) is 40.4 Å². The number of nitrogens with one attached hydrogen (secondary N) is 1. The minimum Gasteiger partial charge on any atom is -0.353 e. The van der Waals surface area contributed by atoms with E-state index in [1.54, 1.807) is 17.9 Å². The lowest BCUT2D eigenvalue weighted by atomic mass is 10.2. The van der Waals surface area contributed by atoms with E-state index in [0.717, 1.165) is 10.0 Å². The van der Waals surface area contributed by atoms with Gasteiger partial charge in [-0.05, 0) is 30.7 Å². The Morgan fingerprint density at radius 1 is 1.53 bits per heavy atom. The maximum absolute atomic E-state index is 12.1. The molecule has 1 aliphatic rings. The number of hydrogen-bond donors (Lipinski definition) is 1. The van der Waals surface area contributed by atoms with Crippen LogP contribution in [-0.4, -0.2) is 35.8 Å². The average Bonchev–Trinajstić information content (AvgIpc) is 2.39. The number of piperazine rings is 1. The molecule has 0 aromatic heterocycles. The van der Waals surface area contributed by atoms with Crippen LogP contribution in [0.1, 0.15) is 12.5 Å². The Labute approximate surface area is 120 Å². The highest BCUT2D eigenvalue weighted by Gasteiger charge is 2.27. The van der Waals surface area contributed by atoms with Crippen molar-refractivity contribution in [1.82, 2.24) is 10.2 Å². The molecule has 0 saturated carbocycles. The highest BCUT2D eigenvalue weighted by Crippen LogP contribution is 2.13. The molecule has 19 heavy (non-hydrogen) atoms. The van der Waals surface area contributed by atoms with E-state index in [2.05, 4.69) is 21.2 Å². The summed E-state index contributed by atoms with van der Waals surface area (Å²) in [6, 6.07) is 7.27. The summed E-state index contributed by atoms with van der Waals surface area (Å²) in [5.74, 6) is -0.238. The number of carbonyl (C=O) groups excluding carboxylic acids is 2. The van der Waals surface area contributed by atoms with Crippen LogP contribution in [0.25, 0.3) is 6.08 Å². The van der Waals surface area contributed by atoms with Crippen LogP contribution in [0.4, 0.5) is 0 Å². The minimum atomic E-state index is -0.409. The first-order valence-electron chi connectivity index (χ1n) is 6.10. The number of carbonyl (C=O) groups is 2. The quantitative estimate of drug-likeness (QED) is 0.844. The fourth-order valence-electron chi connectivity index (χ4n) is 1.96. The van der Waals surface area contributed by atoms with Gasteiger partial charge in [-0.1, -0.05) is 28.1 Å². The molecule has 2 amide bonds. The van der Waals surface area contributed by atoms with Crippen molar-refractivity contribution in [3.8, 4) is 0 Å². The topological polar surface area (TPSA) is 49.4 Å². The zero-order valence-electron chi connectivity index (χ0n) is 10.6. The zero-order chi connectivity index (χ0) is 13.8. The molecule has 2 rings (SSSR count). The van der Waals surface area contributed by atoms with Crippen molar-refractivity contribution in [2.75, 3.05) is 13.1 Å². The van der Waals surface area contributed by atoms with Crippen molar-refractivity contribution in [2.45, 2.75) is 13.0 Å². The Balaban J connectivity index is 2.06. The monoisotopic (exact) mass is 322 g/mol. The number of halogens is 1. The number of nitrogens with zero attached hydrogens (tertiary/aromatic N) is 1. The predicted molar refractivity (Wildman–Crippen MR) is 77.4 cm³/mol. The van der Waals surface area contributed by atoms with Gasteiger partial charge in [0.1, 0.15) is 6.04 Å². The molecule has 100 valence electrons. The highest BCUT2D eigenvalue weighted by atomic mass is 79.9. The normalized spacial score (nSPS) is 19.6. The minimum absolute atomic E-state index is 0.101. The van der Waals surface area contributed by atoms with E-state index < -0.39 is 6.04 Å². The Morgan fingerprint density at radius 2 is 2.32 bits per heavy atom.